The Morgan fingerprint density at radius 3 is 2.37 bits per heavy atom. The van der Waals surface area contributed by atoms with Gasteiger partial charge in [0.2, 0.25) is 10.0 Å². The Morgan fingerprint density at radius 1 is 1.04 bits per heavy atom. The lowest BCUT2D eigenvalue weighted by molar-refractivity contribution is -0.385. The summed E-state index contributed by atoms with van der Waals surface area (Å²) in [5.41, 5.74) is 1.37. The van der Waals surface area contributed by atoms with Crippen LogP contribution in [0.1, 0.15) is 22.9 Å². The van der Waals surface area contributed by atoms with Crippen molar-refractivity contribution in [1.82, 2.24) is 9.71 Å². The summed E-state index contributed by atoms with van der Waals surface area (Å²) in [7, 11) is -4.04. The van der Waals surface area contributed by atoms with Gasteiger partial charge >= 0.3 is 0 Å². The van der Waals surface area contributed by atoms with E-state index in [0.29, 0.717) is 16.8 Å². The first-order valence-corrected chi connectivity index (χ1v) is 9.60. The number of nitro benzene ring substituents is 1. The maximum atomic E-state index is 13.0. The van der Waals surface area contributed by atoms with E-state index in [4.69, 9.17) is 0 Å². The molecule has 1 unspecified atom stereocenters. The number of sulfonamides is 1. The molecule has 0 saturated heterocycles. The summed E-state index contributed by atoms with van der Waals surface area (Å²) in [6.07, 6.45) is 1.58. The highest BCUT2D eigenvalue weighted by molar-refractivity contribution is 7.89. The number of aromatic nitrogens is 1. The predicted molar refractivity (Wildman–Crippen MR) is 101 cm³/mol. The van der Waals surface area contributed by atoms with Crippen molar-refractivity contribution in [3.05, 3.63) is 99.9 Å². The second-order valence-electron chi connectivity index (χ2n) is 5.93. The number of hydrogen-bond acceptors (Lipinski definition) is 5. The maximum Gasteiger partial charge on any atom is 0.270 e. The molecule has 1 heterocycles. The van der Waals surface area contributed by atoms with Crippen molar-refractivity contribution in [2.45, 2.75) is 17.9 Å². The smallest absolute Gasteiger partial charge is 0.259 e. The molecule has 2 aromatic carbocycles. The summed E-state index contributed by atoms with van der Waals surface area (Å²) in [5.74, 6) is 0. The van der Waals surface area contributed by atoms with Gasteiger partial charge in [0.25, 0.3) is 5.69 Å². The Kier molecular flexibility index (Phi) is 5.29. The molecule has 0 aliphatic carbocycles. The van der Waals surface area contributed by atoms with Crippen molar-refractivity contribution in [2.24, 2.45) is 0 Å². The molecule has 8 heteroatoms. The van der Waals surface area contributed by atoms with Gasteiger partial charge in [-0.3, -0.25) is 15.1 Å². The first-order valence-electron chi connectivity index (χ1n) is 8.12. The highest BCUT2D eigenvalue weighted by Crippen LogP contribution is 2.26. The fraction of sp³-hybridized carbons (Fsp3) is 0.105. The summed E-state index contributed by atoms with van der Waals surface area (Å²) in [5, 5.41) is 11.0. The Morgan fingerprint density at radius 2 is 1.74 bits per heavy atom. The minimum absolute atomic E-state index is 0.131. The third kappa shape index (κ3) is 4.18. The van der Waals surface area contributed by atoms with Crippen LogP contribution in [0.5, 0.6) is 0 Å². The normalized spacial score (nSPS) is 12.5. The van der Waals surface area contributed by atoms with Crippen molar-refractivity contribution >= 4 is 15.7 Å². The highest BCUT2D eigenvalue weighted by atomic mass is 32.2. The average molecular weight is 383 g/mol. The van der Waals surface area contributed by atoms with Gasteiger partial charge in [-0.15, -0.1) is 0 Å². The van der Waals surface area contributed by atoms with Gasteiger partial charge < -0.3 is 0 Å². The number of hydrogen-bond donors (Lipinski definition) is 1. The molecular weight excluding hydrogens is 366 g/mol. The number of benzene rings is 2. The lowest BCUT2D eigenvalue weighted by atomic mass is 10.0. The zero-order valence-electron chi connectivity index (χ0n) is 14.4. The Labute approximate surface area is 156 Å². The summed E-state index contributed by atoms with van der Waals surface area (Å²) in [4.78, 5) is 14.6. The molecule has 0 amide bonds. The molecule has 7 nitrogen and oxygen atoms in total. The Bertz CT molecular complexity index is 1020. The Balaban J connectivity index is 2.06. The van der Waals surface area contributed by atoms with Gasteiger partial charge in [0.1, 0.15) is 0 Å². The maximum absolute atomic E-state index is 13.0. The molecule has 27 heavy (non-hydrogen) atoms. The fourth-order valence-corrected chi connectivity index (χ4v) is 4.16. The van der Waals surface area contributed by atoms with E-state index in [-0.39, 0.29) is 10.6 Å². The van der Waals surface area contributed by atoms with Crippen LogP contribution >= 0.6 is 0 Å². The van der Waals surface area contributed by atoms with E-state index in [1.165, 1.54) is 12.1 Å². The van der Waals surface area contributed by atoms with E-state index in [1.807, 2.05) is 6.07 Å². The molecule has 3 rings (SSSR count). The zero-order chi connectivity index (χ0) is 19.4. The summed E-state index contributed by atoms with van der Waals surface area (Å²) in [6, 6.07) is 17.3. The fourth-order valence-electron chi connectivity index (χ4n) is 2.70. The number of nitro groups is 1. The summed E-state index contributed by atoms with van der Waals surface area (Å²) in [6.45, 7) is 1.59. The number of nitrogens with one attached hydrogen (secondary N) is 1. The monoisotopic (exact) mass is 383 g/mol. The standard InChI is InChI=1S/C19H17N3O4S/c1-14-10-11-16(22(23)24)13-18(14)27(25,26)21-19(15-7-3-2-4-8-15)17-9-5-6-12-20-17/h2-13,19,21H,1H3. The predicted octanol–water partition coefficient (Wildman–Crippen LogP) is 3.37. The minimum Gasteiger partial charge on any atom is -0.259 e. The van der Waals surface area contributed by atoms with Crippen LogP contribution < -0.4 is 4.72 Å². The molecule has 0 spiro atoms. The third-order valence-electron chi connectivity index (χ3n) is 4.06. The first kappa shape index (κ1) is 18.7. The second-order valence-corrected chi connectivity index (χ2v) is 7.61. The number of nitrogens with zero attached hydrogens (tertiary/aromatic N) is 2. The van der Waals surface area contributed by atoms with Crippen LogP contribution in [-0.4, -0.2) is 18.3 Å². The first-order chi connectivity index (χ1) is 12.9. The molecule has 0 radical (unpaired) electrons. The van der Waals surface area contributed by atoms with Crippen molar-refractivity contribution < 1.29 is 13.3 Å². The molecule has 0 aliphatic rings. The highest BCUT2D eigenvalue weighted by Gasteiger charge is 2.26. The van der Waals surface area contributed by atoms with Gasteiger partial charge in [0.05, 0.1) is 21.6 Å². The number of rotatable bonds is 6. The van der Waals surface area contributed by atoms with Crippen LogP contribution in [0.15, 0.2) is 77.8 Å². The van der Waals surface area contributed by atoms with Crippen LogP contribution in [0.25, 0.3) is 0 Å². The van der Waals surface area contributed by atoms with Gasteiger partial charge in [0, 0.05) is 18.3 Å². The third-order valence-corrected chi connectivity index (χ3v) is 5.63. The lowest BCUT2D eigenvalue weighted by Crippen LogP contribution is -2.30. The van der Waals surface area contributed by atoms with Crippen molar-refractivity contribution in [2.75, 3.05) is 0 Å². The topological polar surface area (TPSA) is 102 Å². The van der Waals surface area contributed by atoms with Crippen LogP contribution in [0.4, 0.5) is 5.69 Å². The number of pyridine rings is 1. The minimum atomic E-state index is -4.04. The van der Waals surface area contributed by atoms with Crippen molar-refractivity contribution in [3.63, 3.8) is 0 Å². The van der Waals surface area contributed by atoms with E-state index in [1.54, 1.807) is 55.6 Å². The van der Waals surface area contributed by atoms with Crippen LogP contribution in [0.3, 0.4) is 0 Å². The van der Waals surface area contributed by atoms with E-state index in [2.05, 4.69) is 9.71 Å². The van der Waals surface area contributed by atoms with Crippen LogP contribution in [0, 0.1) is 17.0 Å². The van der Waals surface area contributed by atoms with Crippen molar-refractivity contribution in [1.29, 1.82) is 0 Å². The zero-order valence-corrected chi connectivity index (χ0v) is 15.3. The summed E-state index contributed by atoms with van der Waals surface area (Å²) < 4.78 is 28.7. The second kappa shape index (κ2) is 7.65. The van der Waals surface area contributed by atoms with E-state index >= 15 is 0 Å². The van der Waals surface area contributed by atoms with Crippen molar-refractivity contribution in [3.8, 4) is 0 Å². The SMILES string of the molecule is Cc1ccc([N+](=O)[O-])cc1S(=O)(=O)NC(c1ccccc1)c1ccccn1. The van der Waals surface area contributed by atoms with Crippen LogP contribution in [-0.2, 0) is 10.0 Å². The van der Waals surface area contributed by atoms with E-state index in [9.17, 15) is 18.5 Å². The number of non-ortho nitro benzene ring substituents is 1. The molecule has 1 atom stereocenters. The molecule has 0 aliphatic heterocycles. The largest absolute Gasteiger partial charge is 0.270 e. The van der Waals surface area contributed by atoms with E-state index in [0.717, 1.165) is 6.07 Å². The molecular formula is C19H17N3O4S. The molecule has 1 aromatic heterocycles. The van der Waals surface area contributed by atoms with Gasteiger partial charge in [-0.25, -0.2) is 8.42 Å². The lowest BCUT2D eigenvalue weighted by Gasteiger charge is -2.19. The van der Waals surface area contributed by atoms with Crippen LogP contribution in [0.2, 0.25) is 0 Å². The van der Waals surface area contributed by atoms with Gasteiger partial charge in [-0.05, 0) is 30.2 Å². The molecule has 3 aromatic rings. The summed E-state index contributed by atoms with van der Waals surface area (Å²) >= 11 is 0. The molecule has 0 bridgehead atoms. The molecule has 0 fully saturated rings. The Hall–Kier alpha value is -3.10. The molecule has 0 saturated carbocycles. The number of aryl methyl sites for hydroxylation is 1. The quantitative estimate of drug-likeness (QED) is 0.519. The van der Waals surface area contributed by atoms with Gasteiger partial charge in [0.15, 0.2) is 0 Å². The molecule has 138 valence electrons. The van der Waals surface area contributed by atoms with E-state index < -0.39 is 21.0 Å². The average Bonchev–Trinajstić information content (AvgIpc) is 2.67. The molecule has 1 N–H and O–H groups in total. The van der Waals surface area contributed by atoms with Gasteiger partial charge in [-0.1, -0.05) is 42.5 Å². The van der Waals surface area contributed by atoms with Gasteiger partial charge in [-0.2, -0.15) is 4.72 Å².